The van der Waals surface area contributed by atoms with Gasteiger partial charge >= 0.3 is 0 Å². The highest BCUT2D eigenvalue weighted by Crippen LogP contribution is 2.14. The van der Waals surface area contributed by atoms with Gasteiger partial charge in [-0.25, -0.2) is 0 Å². The Bertz CT molecular complexity index is 320. The highest BCUT2D eigenvalue weighted by Gasteiger charge is 2.10. The van der Waals surface area contributed by atoms with E-state index >= 15 is 0 Å². The number of ether oxygens (including phenoxy) is 1. The second-order valence-electron chi connectivity index (χ2n) is 4.56. The number of nitrogens with one attached hydrogen (secondary N) is 1. The van der Waals surface area contributed by atoms with Crippen molar-refractivity contribution in [1.82, 2.24) is 9.78 Å². The summed E-state index contributed by atoms with van der Waals surface area (Å²) in [6.07, 6.45) is 0.863. The van der Waals surface area contributed by atoms with E-state index in [1.807, 2.05) is 11.7 Å². The molecule has 1 N–H and O–H groups in total. The zero-order chi connectivity index (χ0) is 12.1. The fourth-order valence-electron chi connectivity index (χ4n) is 1.39. The largest absolute Gasteiger partial charge is 0.384 e. The van der Waals surface area contributed by atoms with Gasteiger partial charge in [0.1, 0.15) is 5.82 Å². The first-order valence-electron chi connectivity index (χ1n) is 5.83. The third-order valence-corrected chi connectivity index (χ3v) is 2.87. The summed E-state index contributed by atoms with van der Waals surface area (Å²) < 4.78 is 6.94. The average Bonchev–Trinajstić information content (AvgIpc) is 2.56. The van der Waals surface area contributed by atoms with Gasteiger partial charge in [-0.05, 0) is 12.8 Å². The minimum absolute atomic E-state index is 0.450. The zero-order valence-electron chi connectivity index (χ0n) is 10.9. The third-order valence-electron chi connectivity index (χ3n) is 2.87. The smallest absolute Gasteiger partial charge is 0.124 e. The molecule has 0 saturated heterocycles. The van der Waals surface area contributed by atoms with Crippen molar-refractivity contribution in [2.75, 3.05) is 19.0 Å². The summed E-state index contributed by atoms with van der Waals surface area (Å²) in [6.45, 7) is 7.32. The lowest BCUT2D eigenvalue weighted by Gasteiger charge is -2.18. The van der Waals surface area contributed by atoms with Crippen molar-refractivity contribution in [3.63, 3.8) is 0 Å². The van der Waals surface area contributed by atoms with Crippen LogP contribution >= 0.6 is 0 Å². The molecule has 0 fully saturated rings. The summed E-state index contributed by atoms with van der Waals surface area (Å²) in [5, 5.41) is 7.90. The van der Waals surface area contributed by atoms with E-state index in [9.17, 15) is 0 Å². The van der Waals surface area contributed by atoms with Crippen molar-refractivity contribution < 1.29 is 4.74 Å². The van der Waals surface area contributed by atoms with Gasteiger partial charge in [0.05, 0.1) is 12.3 Å². The van der Waals surface area contributed by atoms with Crippen molar-refractivity contribution in [3.05, 3.63) is 11.8 Å². The predicted molar refractivity (Wildman–Crippen MR) is 66.7 cm³/mol. The molecule has 0 spiro atoms. The molecule has 4 heteroatoms. The van der Waals surface area contributed by atoms with E-state index < -0.39 is 0 Å². The SMILES string of the molecule is COCCc1cc(NC(C)C(C)C)n(C)n1. The number of methoxy groups -OCH3 is 1. The summed E-state index contributed by atoms with van der Waals surface area (Å²) in [6, 6.07) is 2.54. The molecule has 1 rings (SSSR count). The lowest BCUT2D eigenvalue weighted by Crippen LogP contribution is -2.22. The Hall–Kier alpha value is -1.03. The molecule has 1 atom stereocenters. The topological polar surface area (TPSA) is 39.1 Å². The molecule has 92 valence electrons. The van der Waals surface area contributed by atoms with E-state index in [2.05, 4.69) is 37.3 Å². The van der Waals surface area contributed by atoms with E-state index in [0.29, 0.717) is 12.0 Å². The van der Waals surface area contributed by atoms with Crippen LogP contribution < -0.4 is 5.32 Å². The molecule has 0 amide bonds. The first-order chi connectivity index (χ1) is 7.54. The van der Waals surface area contributed by atoms with E-state index in [1.165, 1.54) is 0 Å². The van der Waals surface area contributed by atoms with Gasteiger partial charge < -0.3 is 10.1 Å². The maximum absolute atomic E-state index is 5.04. The van der Waals surface area contributed by atoms with Crippen LogP contribution in [0.4, 0.5) is 5.82 Å². The minimum atomic E-state index is 0.450. The highest BCUT2D eigenvalue weighted by molar-refractivity contribution is 5.38. The van der Waals surface area contributed by atoms with Crippen LogP contribution in [0.2, 0.25) is 0 Å². The monoisotopic (exact) mass is 225 g/mol. The number of aromatic nitrogens is 2. The van der Waals surface area contributed by atoms with Crippen LogP contribution in [0, 0.1) is 5.92 Å². The van der Waals surface area contributed by atoms with Gasteiger partial charge in [0.25, 0.3) is 0 Å². The van der Waals surface area contributed by atoms with Gasteiger partial charge in [-0.15, -0.1) is 0 Å². The zero-order valence-corrected chi connectivity index (χ0v) is 10.9. The van der Waals surface area contributed by atoms with Crippen molar-refractivity contribution in [2.45, 2.75) is 33.2 Å². The first kappa shape index (κ1) is 13.0. The molecule has 1 aromatic rings. The summed E-state index contributed by atoms with van der Waals surface area (Å²) in [7, 11) is 3.68. The second kappa shape index (κ2) is 5.89. The minimum Gasteiger partial charge on any atom is -0.384 e. The van der Waals surface area contributed by atoms with Crippen LogP contribution in [0.5, 0.6) is 0 Å². The number of aryl methyl sites for hydroxylation is 1. The Morgan fingerprint density at radius 3 is 2.69 bits per heavy atom. The van der Waals surface area contributed by atoms with Crippen LogP contribution in [-0.2, 0) is 18.2 Å². The molecule has 0 saturated carbocycles. The highest BCUT2D eigenvalue weighted by atomic mass is 16.5. The van der Waals surface area contributed by atoms with Crippen LogP contribution in [0.1, 0.15) is 26.5 Å². The van der Waals surface area contributed by atoms with Gasteiger partial charge in [-0.3, -0.25) is 4.68 Å². The fourth-order valence-corrected chi connectivity index (χ4v) is 1.39. The molecule has 0 radical (unpaired) electrons. The molecular weight excluding hydrogens is 202 g/mol. The number of hydrogen-bond donors (Lipinski definition) is 1. The molecule has 4 nitrogen and oxygen atoms in total. The third kappa shape index (κ3) is 3.52. The van der Waals surface area contributed by atoms with E-state index in [4.69, 9.17) is 4.74 Å². The Kier molecular flexibility index (Phi) is 4.80. The summed E-state index contributed by atoms with van der Waals surface area (Å²) in [5.74, 6) is 1.68. The lowest BCUT2D eigenvalue weighted by molar-refractivity contribution is 0.201. The average molecular weight is 225 g/mol. The fraction of sp³-hybridized carbons (Fsp3) is 0.750. The number of anilines is 1. The Labute approximate surface area is 98.0 Å². The van der Waals surface area contributed by atoms with Gasteiger partial charge in [0, 0.05) is 32.7 Å². The standard InChI is InChI=1S/C12H23N3O/c1-9(2)10(3)13-12-8-11(6-7-16-5)14-15(12)4/h8-10,13H,6-7H2,1-5H3. The summed E-state index contributed by atoms with van der Waals surface area (Å²) in [4.78, 5) is 0. The molecule has 1 unspecified atom stereocenters. The van der Waals surface area contributed by atoms with Crippen LogP contribution in [-0.4, -0.2) is 29.5 Å². The van der Waals surface area contributed by atoms with Gasteiger partial charge in [-0.2, -0.15) is 5.10 Å². The molecule has 0 aromatic carbocycles. The van der Waals surface area contributed by atoms with E-state index in [-0.39, 0.29) is 0 Å². The summed E-state index contributed by atoms with van der Waals surface area (Å²) in [5.41, 5.74) is 1.07. The van der Waals surface area contributed by atoms with Crippen molar-refractivity contribution in [1.29, 1.82) is 0 Å². The van der Waals surface area contributed by atoms with Crippen LogP contribution in [0.25, 0.3) is 0 Å². The maximum Gasteiger partial charge on any atom is 0.124 e. The molecule has 0 aliphatic carbocycles. The second-order valence-corrected chi connectivity index (χ2v) is 4.56. The van der Waals surface area contributed by atoms with Crippen LogP contribution in [0.15, 0.2) is 6.07 Å². The van der Waals surface area contributed by atoms with E-state index in [1.54, 1.807) is 7.11 Å². The van der Waals surface area contributed by atoms with Crippen molar-refractivity contribution in [3.8, 4) is 0 Å². The molecular formula is C12H23N3O. The van der Waals surface area contributed by atoms with Gasteiger partial charge in [-0.1, -0.05) is 13.8 Å². The van der Waals surface area contributed by atoms with Crippen molar-refractivity contribution in [2.24, 2.45) is 13.0 Å². The van der Waals surface area contributed by atoms with Crippen LogP contribution in [0.3, 0.4) is 0 Å². The molecule has 16 heavy (non-hydrogen) atoms. The number of nitrogens with zero attached hydrogens (tertiary/aromatic N) is 2. The molecule has 0 bridgehead atoms. The molecule has 0 aliphatic heterocycles. The van der Waals surface area contributed by atoms with Crippen molar-refractivity contribution >= 4 is 5.82 Å². The molecule has 1 aromatic heterocycles. The Balaban J connectivity index is 2.62. The molecule has 1 heterocycles. The number of rotatable bonds is 6. The molecule has 0 aliphatic rings. The predicted octanol–water partition coefficient (Wildman–Crippen LogP) is 2.07. The quantitative estimate of drug-likeness (QED) is 0.805. The van der Waals surface area contributed by atoms with Gasteiger partial charge in [0.15, 0.2) is 0 Å². The summed E-state index contributed by atoms with van der Waals surface area (Å²) >= 11 is 0. The maximum atomic E-state index is 5.04. The Morgan fingerprint density at radius 2 is 2.12 bits per heavy atom. The Morgan fingerprint density at radius 1 is 1.44 bits per heavy atom. The normalized spacial score (nSPS) is 13.1. The first-order valence-corrected chi connectivity index (χ1v) is 5.83. The van der Waals surface area contributed by atoms with E-state index in [0.717, 1.165) is 24.5 Å². The number of hydrogen-bond acceptors (Lipinski definition) is 3. The van der Waals surface area contributed by atoms with Gasteiger partial charge in [0.2, 0.25) is 0 Å². The lowest BCUT2D eigenvalue weighted by atomic mass is 10.1.